The van der Waals surface area contributed by atoms with Crippen molar-refractivity contribution in [2.75, 3.05) is 6.54 Å². The second kappa shape index (κ2) is 3.37. The molecular formula is C11H23N. The van der Waals surface area contributed by atoms with E-state index in [2.05, 4.69) is 39.5 Å². The van der Waals surface area contributed by atoms with Gasteiger partial charge in [0.1, 0.15) is 0 Å². The lowest BCUT2D eigenvalue weighted by atomic mass is 9.74. The first-order chi connectivity index (χ1) is 5.52. The van der Waals surface area contributed by atoms with E-state index in [0.717, 1.165) is 12.0 Å². The summed E-state index contributed by atoms with van der Waals surface area (Å²) in [6, 6.07) is 0.720. The van der Waals surface area contributed by atoms with Crippen molar-refractivity contribution in [2.24, 2.45) is 5.92 Å². The Morgan fingerprint density at radius 1 is 1.33 bits per heavy atom. The van der Waals surface area contributed by atoms with Crippen LogP contribution in [0.15, 0.2) is 0 Å². The maximum atomic E-state index is 2.64. The van der Waals surface area contributed by atoms with Crippen LogP contribution in [0.1, 0.15) is 47.5 Å². The maximum Gasteiger partial charge on any atom is 0.0221 e. The zero-order valence-electron chi connectivity index (χ0n) is 9.22. The lowest BCUT2D eigenvalue weighted by molar-refractivity contribution is -0.0641. The second-order valence-corrected chi connectivity index (χ2v) is 4.70. The number of hydrogen-bond acceptors (Lipinski definition) is 1. The van der Waals surface area contributed by atoms with Gasteiger partial charge in [0.25, 0.3) is 0 Å². The van der Waals surface area contributed by atoms with Gasteiger partial charge in [-0.25, -0.2) is 0 Å². The summed E-state index contributed by atoms with van der Waals surface area (Å²) in [5.41, 5.74) is 0.503. The lowest BCUT2D eigenvalue weighted by Crippen LogP contribution is -2.63. The molecule has 0 aromatic rings. The Kier molecular flexibility index (Phi) is 2.82. The summed E-state index contributed by atoms with van der Waals surface area (Å²) in [5.74, 6) is 0.841. The standard InChI is InChI=1S/C11H23N/c1-6-10(4)11(5)7-8-12(11)9(2)3/h9-10H,6-8H2,1-5H3. The van der Waals surface area contributed by atoms with Crippen LogP contribution < -0.4 is 0 Å². The van der Waals surface area contributed by atoms with Gasteiger partial charge in [-0.3, -0.25) is 4.90 Å². The summed E-state index contributed by atoms with van der Waals surface area (Å²) >= 11 is 0. The quantitative estimate of drug-likeness (QED) is 0.628. The first kappa shape index (κ1) is 10.0. The minimum Gasteiger partial charge on any atom is -0.295 e. The van der Waals surface area contributed by atoms with E-state index in [0.29, 0.717) is 5.54 Å². The molecule has 1 heteroatoms. The van der Waals surface area contributed by atoms with E-state index in [1.165, 1.54) is 19.4 Å². The second-order valence-electron chi connectivity index (χ2n) is 4.70. The lowest BCUT2D eigenvalue weighted by Gasteiger charge is -2.56. The molecule has 0 N–H and O–H groups in total. The summed E-state index contributed by atoms with van der Waals surface area (Å²) < 4.78 is 0. The van der Waals surface area contributed by atoms with E-state index in [9.17, 15) is 0 Å². The van der Waals surface area contributed by atoms with Crippen molar-refractivity contribution in [2.45, 2.75) is 59.0 Å². The molecule has 0 aliphatic carbocycles. The third-order valence-electron chi connectivity index (χ3n) is 3.81. The molecule has 0 spiro atoms. The molecule has 0 saturated carbocycles. The number of hydrogen-bond donors (Lipinski definition) is 0. The van der Waals surface area contributed by atoms with Crippen LogP contribution in [0.3, 0.4) is 0 Å². The van der Waals surface area contributed by atoms with E-state index < -0.39 is 0 Å². The molecule has 1 saturated heterocycles. The van der Waals surface area contributed by atoms with Gasteiger partial charge in [0.05, 0.1) is 0 Å². The van der Waals surface area contributed by atoms with E-state index in [1.54, 1.807) is 0 Å². The van der Waals surface area contributed by atoms with Gasteiger partial charge >= 0.3 is 0 Å². The molecule has 1 fully saturated rings. The van der Waals surface area contributed by atoms with Crippen molar-refractivity contribution >= 4 is 0 Å². The van der Waals surface area contributed by atoms with E-state index in [4.69, 9.17) is 0 Å². The van der Waals surface area contributed by atoms with Crippen molar-refractivity contribution in [1.82, 2.24) is 4.90 Å². The monoisotopic (exact) mass is 169 g/mol. The van der Waals surface area contributed by atoms with E-state index in [-0.39, 0.29) is 0 Å². The predicted octanol–water partition coefficient (Wildman–Crippen LogP) is 2.91. The predicted molar refractivity (Wildman–Crippen MR) is 54.3 cm³/mol. The average Bonchev–Trinajstić information content (AvgIpc) is 1.98. The smallest absolute Gasteiger partial charge is 0.0221 e. The van der Waals surface area contributed by atoms with Gasteiger partial charge in [-0.15, -0.1) is 0 Å². The molecule has 1 nitrogen and oxygen atoms in total. The fraction of sp³-hybridized carbons (Fsp3) is 1.00. The summed E-state index contributed by atoms with van der Waals surface area (Å²) in [6.45, 7) is 13.0. The van der Waals surface area contributed by atoms with Gasteiger partial charge in [-0.2, -0.15) is 0 Å². The van der Waals surface area contributed by atoms with Gasteiger partial charge in [0.2, 0.25) is 0 Å². The molecule has 1 aliphatic rings. The zero-order valence-corrected chi connectivity index (χ0v) is 9.22. The molecule has 0 amide bonds. The van der Waals surface area contributed by atoms with Gasteiger partial charge in [-0.1, -0.05) is 20.3 Å². The highest BCUT2D eigenvalue weighted by Gasteiger charge is 2.44. The van der Waals surface area contributed by atoms with Crippen LogP contribution in [0, 0.1) is 5.92 Å². The fourth-order valence-corrected chi connectivity index (χ4v) is 2.41. The number of rotatable bonds is 3. The fourth-order valence-electron chi connectivity index (χ4n) is 2.41. The van der Waals surface area contributed by atoms with Gasteiger partial charge < -0.3 is 0 Å². The average molecular weight is 169 g/mol. The van der Waals surface area contributed by atoms with Crippen molar-refractivity contribution in [3.05, 3.63) is 0 Å². The molecule has 1 aliphatic heterocycles. The van der Waals surface area contributed by atoms with E-state index >= 15 is 0 Å². The zero-order chi connectivity index (χ0) is 9.35. The van der Waals surface area contributed by atoms with Crippen LogP contribution in [0.2, 0.25) is 0 Å². The van der Waals surface area contributed by atoms with E-state index in [1.807, 2.05) is 0 Å². The maximum absolute atomic E-state index is 2.64. The molecule has 0 aromatic heterocycles. The van der Waals surface area contributed by atoms with Crippen LogP contribution >= 0.6 is 0 Å². The summed E-state index contributed by atoms with van der Waals surface area (Å²) in [4.78, 5) is 2.64. The van der Waals surface area contributed by atoms with Crippen LogP contribution in [-0.4, -0.2) is 23.0 Å². The molecular weight excluding hydrogens is 146 g/mol. The van der Waals surface area contributed by atoms with Crippen molar-refractivity contribution < 1.29 is 0 Å². The van der Waals surface area contributed by atoms with Crippen LogP contribution in [0.4, 0.5) is 0 Å². The Bertz CT molecular complexity index is 153. The SMILES string of the molecule is CCC(C)C1(C)CCN1C(C)C. The van der Waals surface area contributed by atoms with Crippen molar-refractivity contribution in [3.8, 4) is 0 Å². The minimum atomic E-state index is 0.503. The van der Waals surface area contributed by atoms with Gasteiger partial charge in [0.15, 0.2) is 0 Å². The molecule has 1 heterocycles. The molecule has 72 valence electrons. The molecule has 2 unspecified atom stereocenters. The first-order valence-corrected chi connectivity index (χ1v) is 5.29. The van der Waals surface area contributed by atoms with Crippen LogP contribution in [-0.2, 0) is 0 Å². The van der Waals surface area contributed by atoms with Gasteiger partial charge in [0, 0.05) is 18.1 Å². The minimum absolute atomic E-state index is 0.503. The largest absolute Gasteiger partial charge is 0.295 e. The topological polar surface area (TPSA) is 3.24 Å². The Morgan fingerprint density at radius 3 is 2.17 bits per heavy atom. The molecule has 1 rings (SSSR count). The normalized spacial score (nSPS) is 33.5. The molecule has 2 atom stereocenters. The highest BCUT2D eigenvalue weighted by Crippen LogP contribution is 2.39. The molecule has 0 radical (unpaired) electrons. The van der Waals surface area contributed by atoms with Crippen LogP contribution in [0.25, 0.3) is 0 Å². The third kappa shape index (κ3) is 1.39. The Morgan fingerprint density at radius 2 is 1.92 bits per heavy atom. The summed E-state index contributed by atoms with van der Waals surface area (Å²) in [7, 11) is 0. The first-order valence-electron chi connectivity index (χ1n) is 5.29. The van der Waals surface area contributed by atoms with Gasteiger partial charge in [-0.05, 0) is 33.1 Å². The van der Waals surface area contributed by atoms with Crippen molar-refractivity contribution in [3.63, 3.8) is 0 Å². The Hall–Kier alpha value is -0.0400. The number of likely N-dealkylation sites (tertiary alicyclic amines) is 1. The highest BCUT2D eigenvalue weighted by molar-refractivity contribution is 5.00. The summed E-state index contributed by atoms with van der Waals surface area (Å²) in [5, 5.41) is 0. The van der Waals surface area contributed by atoms with Crippen LogP contribution in [0.5, 0.6) is 0 Å². The molecule has 0 aromatic carbocycles. The summed E-state index contributed by atoms with van der Waals surface area (Å²) in [6.07, 6.45) is 2.69. The third-order valence-corrected chi connectivity index (χ3v) is 3.81. The van der Waals surface area contributed by atoms with Crippen molar-refractivity contribution in [1.29, 1.82) is 0 Å². The Labute approximate surface area is 77.1 Å². The highest BCUT2D eigenvalue weighted by atomic mass is 15.3. The Balaban J connectivity index is 2.60. The molecule has 0 bridgehead atoms. The molecule has 12 heavy (non-hydrogen) atoms. The number of nitrogens with zero attached hydrogens (tertiary/aromatic N) is 1.